The van der Waals surface area contributed by atoms with Crippen LogP contribution in [0, 0.1) is 0 Å². The number of aryl methyl sites for hydroxylation is 2. The van der Waals surface area contributed by atoms with Crippen LogP contribution < -0.4 is 15.8 Å². The number of hydrogen-bond acceptors (Lipinski definition) is 4. The Bertz CT molecular complexity index is 853. The lowest BCUT2D eigenvalue weighted by atomic mass is 10.1. The van der Waals surface area contributed by atoms with E-state index in [9.17, 15) is 9.59 Å². The van der Waals surface area contributed by atoms with E-state index < -0.39 is 0 Å². The minimum Gasteiger partial charge on any atom is -0.357 e. The number of anilines is 1. The van der Waals surface area contributed by atoms with E-state index in [2.05, 4.69) is 20.2 Å². The Kier molecular flexibility index (Phi) is 4.26. The van der Waals surface area contributed by atoms with Gasteiger partial charge in [-0.15, -0.1) is 0 Å². The van der Waals surface area contributed by atoms with Gasteiger partial charge in [-0.05, 0) is 61.4 Å². The highest BCUT2D eigenvalue weighted by atomic mass is 16.2. The molecule has 130 valence electrons. The molecule has 1 aliphatic heterocycles. The van der Waals surface area contributed by atoms with Crippen molar-refractivity contribution in [2.24, 2.45) is 0 Å². The molecule has 3 heterocycles. The average Bonchev–Trinajstić information content (AvgIpc) is 3.30. The second-order valence-electron chi connectivity index (χ2n) is 6.77. The van der Waals surface area contributed by atoms with Crippen LogP contribution in [-0.4, -0.2) is 29.0 Å². The Labute approximate surface area is 146 Å². The summed E-state index contributed by atoms with van der Waals surface area (Å²) in [4.78, 5) is 34.1. The molecular formula is C19H22N4O2. The summed E-state index contributed by atoms with van der Waals surface area (Å²) in [6.45, 7) is 2.46. The van der Waals surface area contributed by atoms with Crippen LogP contribution in [0.2, 0.25) is 0 Å². The third-order valence-corrected chi connectivity index (χ3v) is 5.03. The van der Waals surface area contributed by atoms with Crippen molar-refractivity contribution >= 4 is 11.7 Å². The average molecular weight is 338 g/mol. The quantitative estimate of drug-likeness (QED) is 0.891. The Hall–Kier alpha value is -2.63. The Morgan fingerprint density at radius 1 is 1.20 bits per heavy atom. The maximum absolute atomic E-state index is 12.4. The summed E-state index contributed by atoms with van der Waals surface area (Å²) in [6, 6.07) is 5.66. The van der Waals surface area contributed by atoms with Gasteiger partial charge in [-0.2, -0.15) is 0 Å². The van der Waals surface area contributed by atoms with Crippen LogP contribution in [0.4, 0.5) is 5.82 Å². The molecule has 25 heavy (non-hydrogen) atoms. The van der Waals surface area contributed by atoms with Crippen molar-refractivity contribution in [3.63, 3.8) is 0 Å². The minimum absolute atomic E-state index is 0.203. The van der Waals surface area contributed by atoms with Crippen LogP contribution in [0.3, 0.4) is 0 Å². The highest BCUT2D eigenvalue weighted by Crippen LogP contribution is 2.20. The van der Waals surface area contributed by atoms with Gasteiger partial charge < -0.3 is 15.2 Å². The van der Waals surface area contributed by atoms with Crippen LogP contribution in [0.15, 0.2) is 29.2 Å². The van der Waals surface area contributed by atoms with E-state index in [0.29, 0.717) is 6.54 Å². The molecule has 0 spiro atoms. The molecule has 2 aliphatic rings. The molecule has 0 radical (unpaired) electrons. The molecule has 0 unspecified atom stereocenters. The lowest BCUT2D eigenvalue weighted by Gasteiger charge is -2.17. The topological polar surface area (TPSA) is 78.1 Å². The van der Waals surface area contributed by atoms with Crippen molar-refractivity contribution < 1.29 is 4.79 Å². The summed E-state index contributed by atoms with van der Waals surface area (Å²) in [5, 5.41) is 2.86. The first-order valence-corrected chi connectivity index (χ1v) is 8.94. The number of rotatable bonds is 4. The van der Waals surface area contributed by atoms with Crippen LogP contribution in [0.25, 0.3) is 0 Å². The standard InChI is InChI=1S/C19H22N4O2/c24-18(15-11-14-4-3-5-16(14)22-19(15)25)21-12-13-6-7-20-17(10-13)23-8-1-2-9-23/h6-7,10-11H,1-5,8-9,12H2,(H,21,24)(H,22,25). The van der Waals surface area contributed by atoms with Gasteiger partial charge in [-0.1, -0.05) is 0 Å². The van der Waals surface area contributed by atoms with Crippen LogP contribution in [-0.2, 0) is 19.4 Å². The van der Waals surface area contributed by atoms with Gasteiger partial charge in [0.15, 0.2) is 0 Å². The monoisotopic (exact) mass is 338 g/mol. The van der Waals surface area contributed by atoms with Crippen LogP contribution in [0.1, 0.15) is 46.4 Å². The number of carbonyl (C=O) groups excluding carboxylic acids is 1. The van der Waals surface area contributed by atoms with E-state index in [4.69, 9.17) is 0 Å². The molecule has 0 aromatic carbocycles. The Balaban J connectivity index is 1.45. The number of H-pyrrole nitrogens is 1. The number of hydrogen-bond donors (Lipinski definition) is 2. The fourth-order valence-corrected chi connectivity index (χ4v) is 3.65. The SMILES string of the molecule is O=C(NCc1ccnc(N2CCCC2)c1)c1cc2c([nH]c1=O)CCC2. The molecule has 2 N–H and O–H groups in total. The molecule has 1 amide bonds. The van der Waals surface area contributed by atoms with Gasteiger partial charge in [-0.25, -0.2) is 4.98 Å². The predicted octanol–water partition coefficient (Wildman–Crippen LogP) is 1.79. The summed E-state index contributed by atoms with van der Waals surface area (Å²) < 4.78 is 0. The van der Waals surface area contributed by atoms with Crippen molar-refractivity contribution in [2.45, 2.75) is 38.6 Å². The van der Waals surface area contributed by atoms with E-state index in [1.807, 2.05) is 12.1 Å². The lowest BCUT2D eigenvalue weighted by Crippen LogP contribution is -2.30. The van der Waals surface area contributed by atoms with Crippen molar-refractivity contribution in [2.75, 3.05) is 18.0 Å². The highest BCUT2D eigenvalue weighted by molar-refractivity contribution is 5.94. The van der Waals surface area contributed by atoms with Crippen molar-refractivity contribution in [1.82, 2.24) is 15.3 Å². The molecular weight excluding hydrogens is 316 g/mol. The van der Waals surface area contributed by atoms with E-state index >= 15 is 0 Å². The van der Waals surface area contributed by atoms with Gasteiger partial charge in [0, 0.05) is 31.5 Å². The number of pyridine rings is 2. The first-order chi connectivity index (χ1) is 12.2. The number of aromatic nitrogens is 2. The smallest absolute Gasteiger partial charge is 0.261 e. The zero-order chi connectivity index (χ0) is 17.2. The highest BCUT2D eigenvalue weighted by Gasteiger charge is 2.18. The van der Waals surface area contributed by atoms with Crippen molar-refractivity contribution in [3.8, 4) is 0 Å². The maximum Gasteiger partial charge on any atom is 0.261 e. The fraction of sp³-hybridized carbons (Fsp3) is 0.421. The summed E-state index contributed by atoms with van der Waals surface area (Å²) in [7, 11) is 0. The number of aromatic amines is 1. The van der Waals surface area contributed by atoms with Crippen LogP contribution in [0.5, 0.6) is 0 Å². The van der Waals surface area contributed by atoms with Crippen molar-refractivity contribution in [3.05, 3.63) is 57.1 Å². The second kappa shape index (κ2) is 6.70. The molecule has 1 fully saturated rings. The van der Waals surface area contributed by atoms with Gasteiger partial charge in [0.1, 0.15) is 11.4 Å². The molecule has 4 rings (SSSR count). The number of nitrogens with zero attached hydrogens (tertiary/aromatic N) is 2. The summed E-state index contributed by atoms with van der Waals surface area (Å²) in [6.07, 6.45) is 7.02. The normalized spacial score (nSPS) is 16.1. The molecule has 2 aromatic rings. The van der Waals surface area contributed by atoms with E-state index in [1.165, 1.54) is 12.8 Å². The van der Waals surface area contributed by atoms with Gasteiger partial charge in [0.2, 0.25) is 0 Å². The molecule has 1 aliphatic carbocycles. The summed E-state index contributed by atoms with van der Waals surface area (Å²) >= 11 is 0. The predicted molar refractivity (Wildman–Crippen MR) is 95.9 cm³/mol. The first kappa shape index (κ1) is 15.9. The molecule has 6 nitrogen and oxygen atoms in total. The fourth-order valence-electron chi connectivity index (χ4n) is 3.65. The molecule has 0 atom stereocenters. The van der Waals surface area contributed by atoms with E-state index in [-0.39, 0.29) is 17.0 Å². The molecule has 1 saturated heterocycles. The van der Waals surface area contributed by atoms with Gasteiger partial charge >= 0.3 is 0 Å². The third kappa shape index (κ3) is 3.29. The second-order valence-corrected chi connectivity index (χ2v) is 6.77. The lowest BCUT2D eigenvalue weighted by molar-refractivity contribution is 0.0949. The largest absolute Gasteiger partial charge is 0.357 e. The number of nitrogens with one attached hydrogen (secondary N) is 2. The Morgan fingerprint density at radius 2 is 2.04 bits per heavy atom. The summed E-state index contributed by atoms with van der Waals surface area (Å²) in [5.41, 5.74) is 2.96. The van der Waals surface area contributed by atoms with E-state index in [1.54, 1.807) is 12.3 Å². The van der Waals surface area contributed by atoms with Gasteiger partial charge in [0.25, 0.3) is 11.5 Å². The Morgan fingerprint density at radius 3 is 2.88 bits per heavy atom. The first-order valence-electron chi connectivity index (χ1n) is 8.94. The maximum atomic E-state index is 12.4. The number of carbonyl (C=O) groups is 1. The number of fused-ring (bicyclic) bond motifs is 1. The van der Waals surface area contributed by atoms with Crippen molar-refractivity contribution in [1.29, 1.82) is 0 Å². The number of amides is 1. The van der Waals surface area contributed by atoms with Crippen LogP contribution >= 0.6 is 0 Å². The summed E-state index contributed by atoms with van der Waals surface area (Å²) in [5.74, 6) is 0.634. The van der Waals surface area contributed by atoms with Gasteiger partial charge in [0.05, 0.1) is 0 Å². The third-order valence-electron chi connectivity index (χ3n) is 5.03. The molecule has 2 aromatic heterocycles. The zero-order valence-corrected chi connectivity index (χ0v) is 14.2. The molecule has 6 heteroatoms. The van der Waals surface area contributed by atoms with Gasteiger partial charge in [-0.3, -0.25) is 9.59 Å². The molecule has 0 saturated carbocycles. The minimum atomic E-state index is -0.324. The van der Waals surface area contributed by atoms with E-state index in [0.717, 1.165) is 55.0 Å². The zero-order valence-electron chi connectivity index (χ0n) is 14.2. The molecule has 0 bridgehead atoms.